The Balaban J connectivity index is 2.28. The number of nitrogens with zero attached hydrogens (tertiary/aromatic N) is 1. The maximum Gasteiger partial charge on any atom is 0.180 e. The summed E-state index contributed by atoms with van der Waals surface area (Å²) in [6, 6.07) is 0. The fourth-order valence-corrected chi connectivity index (χ4v) is 0.717. The van der Waals surface area contributed by atoms with Gasteiger partial charge in [0.25, 0.3) is 0 Å². The van der Waals surface area contributed by atoms with Crippen LogP contribution in [0.2, 0.25) is 0 Å². The van der Waals surface area contributed by atoms with Crippen molar-refractivity contribution in [2.24, 2.45) is 0 Å². The average Bonchev–Trinajstić information content (AvgIpc) is 2.34. The second-order valence-corrected chi connectivity index (χ2v) is 2.36. The highest BCUT2D eigenvalue weighted by Gasteiger charge is 1.99. The molecule has 0 radical (unpaired) electrons. The van der Waals surface area contributed by atoms with E-state index < -0.39 is 0 Å². The average molecular weight is 141 g/mol. The zero-order valence-corrected chi connectivity index (χ0v) is 5.95. The van der Waals surface area contributed by atoms with Crippen molar-refractivity contribution in [1.29, 1.82) is 0 Å². The topological polar surface area (TPSA) is 46.3 Å². The number of hydrogen-bond acceptors (Lipinski definition) is 3. The van der Waals surface area contributed by atoms with Gasteiger partial charge in [0, 0.05) is 6.42 Å². The van der Waals surface area contributed by atoms with Crippen molar-refractivity contribution < 1.29 is 9.52 Å². The van der Waals surface area contributed by atoms with E-state index in [0.717, 1.165) is 18.6 Å². The van der Waals surface area contributed by atoms with E-state index in [1.54, 1.807) is 13.1 Å². The quantitative estimate of drug-likeness (QED) is 0.682. The number of oxazole rings is 1. The van der Waals surface area contributed by atoms with Gasteiger partial charge in [0.15, 0.2) is 6.39 Å². The molecule has 0 aliphatic rings. The Morgan fingerprint density at radius 3 is 3.10 bits per heavy atom. The monoisotopic (exact) mass is 141 g/mol. The van der Waals surface area contributed by atoms with Gasteiger partial charge in [-0.2, -0.15) is 0 Å². The van der Waals surface area contributed by atoms with E-state index in [2.05, 4.69) is 4.98 Å². The number of aliphatic hydroxyl groups is 1. The van der Waals surface area contributed by atoms with Gasteiger partial charge in [-0.25, -0.2) is 4.98 Å². The summed E-state index contributed by atoms with van der Waals surface area (Å²) < 4.78 is 4.96. The molecule has 1 atom stereocenters. The van der Waals surface area contributed by atoms with E-state index >= 15 is 0 Å². The Hall–Kier alpha value is -0.830. The Kier molecular flexibility index (Phi) is 2.45. The molecular weight excluding hydrogens is 130 g/mol. The van der Waals surface area contributed by atoms with Crippen LogP contribution in [0.25, 0.3) is 0 Å². The Morgan fingerprint density at radius 1 is 1.80 bits per heavy atom. The van der Waals surface area contributed by atoms with Crippen LogP contribution < -0.4 is 0 Å². The summed E-state index contributed by atoms with van der Waals surface area (Å²) in [5.74, 6) is 0.834. The minimum absolute atomic E-state index is 0.259. The molecule has 1 aromatic rings. The van der Waals surface area contributed by atoms with Gasteiger partial charge in [-0.15, -0.1) is 0 Å². The highest BCUT2D eigenvalue weighted by molar-refractivity contribution is 4.88. The zero-order valence-electron chi connectivity index (χ0n) is 5.95. The van der Waals surface area contributed by atoms with Crippen molar-refractivity contribution in [3.63, 3.8) is 0 Å². The van der Waals surface area contributed by atoms with Crippen molar-refractivity contribution in [3.05, 3.63) is 18.4 Å². The van der Waals surface area contributed by atoms with E-state index in [0.29, 0.717) is 0 Å². The highest BCUT2D eigenvalue weighted by Crippen LogP contribution is 2.02. The first-order valence-electron chi connectivity index (χ1n) is 3.34. The molecule has 0 amide bonds. The first-order chi connectivity index (χ1) is 4.79. The molecule has 0 aliphatic carbocycles. The summed E-state index contributed by atoms with van der Waals surface area (Å²) in [6.07, 6.45) is 4.30. The fourth-order valence-electron chi connectivity index (χ4n) is 0.717. The van der Waals surface area contributed by atoms with Crippen LogP contribution in [0.15, 0.2) is 17.0 Å². The van der Waals surface area contributed by atoms with Crippen LogP contribution in [0.4, 0.5) is 0 Å². The number of aliphatic hydroxyl groups excluding tert-OH is 1. The lowest BCUT2D eigenvalue weighted by molar-refractivity contribution is 0.182. The molecule has 0 saturated carbocycles. The Labute approximate surface area is 59.7 Å². The highest BCUT2D eigenvalue weighted by atomic mass is 16.3. The molecular formula is C7H11NO2. The molecule has 3 heteroatoms. The summed E-state index contributed by atoms with van der Waals surface area (Å²) in [5, 5.41) is 8.89. The third-order valence-electron chi connectivity index (χ3n) is 1.29. The molecule has 1 N–H and O–H groups in total. The molecule has 0 unspecified atom stereocenters. The zero-order chi connectivity index (χ0) is 7.40. The van der Waals surface area contributed by atoms with Gasteiger partial charge in [-0.05, 0) is 13.3 Å². The van der Waals surface area contributed by atoms with Crippen molar-refractivity contribution in [3.8, 4) is 0 Å². The molecule has 1 heterocycles. The second kappa shape index (κ2) is 3.37. The second-order valence-electron chi connectivity index (χ2n) is 2.36. The summed E-state index contributed by atoms with van der Waals surface area (Å²) in [5.41, 5.74) is 0. The lowest BCUT2D eigenvalue weighted by Crippen LogP contribution is -2.00. The predicted octanol–water partition coefficient (Wildman–Crippen LogP) is 0.988. The third-order valence-corrected chi connectivity index (χ3v) is 1.29. The fraction of sp³-hybridized carbons (Fsp3) is 0.571. The van der Waals surface area contributed by atoms with Gasteiger partial charge in [0.1, 0.15) is 5.76 Å². The SMILES string of the molecule is C[C@H](O)CCc1cnco1. The maximum atomic E-state index is 8.89. The van der Waals surface area contributed by atoms with Crippen LogP contribution in [-0.4, -0.2) is 16.2 Å². The number of hydrogen-bond donors (Lipinski definition) is 1. The van der Waals surface area contributed by atoms with Crippen LogP contribution in [-0.2, 0) is 6.42 Å². The number of aromatic nitrogens is 1. The molecule has 1 rings (SSSR count). The molecule has 3 nitrogen and oxygen atoms in total. The molecule has 10 heavy (non-hydrogen) atoms. The van der Waals surface area contributed by atoms with Crippen molar-refractivity contribution in [2.45, 2.75) is 25.9 Å². The van der Waals surface area contributed by atoms with Crippen LogP contribution >= 0.6 is 0 Å². The van der Waals surface area contributed by atoms with E-state index in [1.165, 1.54) is 6.39 Å². The van der Waals surface area contributed by atoms with Gasteiger partial charge < -0.3 is 9.52 Å². The van der Waals surface area contributed by atoms with E-state index in [9.17, 15) is 0 Å². The molecule has 0 saturated heterocycles. The number of aryl methyl sites for hydroxylation is 1. The van der Waals surface area contributed by atoms with Gasteiger partial charge in [-0.3, -0.25) is 0 Å². The summed E-state index contributed by atoms with van der Waals surface area (Å²) in [6.45, 7) is 1.76. The van der Waals surface area contributed by atoms with Crippen molar-refractivity contribution in [2.75, 3.05) is 0 Å². The van der Waals surface area contributed by atoms with Crippen LogP contribution in [0.1, 0.15) is 19.1 Å². The van der Waals surface area contributed by atoms with Gasteiger partial charge in [0.05, 0.1) is 12.3 Å². The molecule has 0 fully saturated rings. The maximum absolute atomic E-state index is 8.89. The van der Waals surface area contributed by atoms with Crippen molar-refractivity contribution in [1.82, 2.24) is 4.98 Å². The van der Waals surface area contributed by atoms with Crippen LogP contribution in [0.5, 0.6) is 0 Å². The minimum atomic E-state index is -0.259. The van der Waals surface area contributed by atoms with Gasteiger partial charge >= 0.3 is 0 Å². The lowest BCUT2D eigenvalue weighted by atomic mass is 10.2. The minimum Gasteiger partial charge on any atom is -0.449 e. The summed E-state index contributed by atoms with van der Waals surface area (Å²) in [7, 11) is 0. The van der Waals surface area contributed by atoms with Crippen LogP contribution in [0.3, 0.4) is 0 Å². The molecule has 0 aromatic carbocycles. The van der Waals surface area contributed by atoms with Gasteiger partial charge in [0.2, 0.25) is 0 Å². The van der Waals surface area contributed by atoms with E-state index in [-0.39, 0.29) is 6.10 Å². The lowest BCUT2D eigenvalue weighted by Gasteiger charge is -1.98. The predicted molar refractivity (Wildman–Crippen MR) is 36.5 cm³/mol. The molecule has 0 bridgehead atoms. The summed E-state index contributed by atoms with van der Waals surface area (Å²) >= 11 is 0. The largest absolute Gasteiger partial charge is 0.449 e. The van der Waals surface area contributed by atoms with E-state index in [1.807, 2.05) is 0 Å². The normalized spacial score (nSPS) is 13.4. The Morgan fingerprint density at radius 2 is 2.60 bits per heavy atom. The molecule has 56 valence electrons. The van der Waals surface area contributed by atoms with Gasteiger partial charge in [-0.1, -0.05) is 0 Å². The Bertz CT molecular complexity index is 170. The molecule has 0 spiro atoms. The third kappa shape index (κ3) is 2.19. The van der Waals surface area contributed by atoms with Crippen molar-refractivity contribution >= 4 is 0 Å². The first kappa shape index (κ1) is 7.28. The molecule has 1 aromatic heterocycles. The van der Waals surface area contributed by atoms with Crippen LogP contribution in [0, 0.1) is 0 Å². The summed E-state index contributed by atoms with van der Waals surface area (Å²) in [4.78, 5) is 3.75. The first-order valence-corrected chi connectivity index (χ1v) is 3.34. The number of rotatable bonds is 3. The standard InChI is InChI=1S/C7H11NO2/c1-6(9)2-3-7-4-8-5-10-7/h4-6,9H,2-3H2,1H3/t6-/m0/s1. The molecule has 0 aliphatic heterocycles. The van der Waals surface area contributed by atoms with E-state index in [4.69, 9.17) is 9.52 Å². The smallest absolute Gasteiger partial charge is 0.180 e.